The number of carbonyl (C=O) groups excluding carboxylic acids is 2. The molecule has 182 valence electrons. The maximum absolute atomic E-state index is 13.6. The smallest absolute Gasteiger partial charge is 0.264 e. The molecule has 0 aromatic heterocycles. The lowest BCUT2D eigenvalue weighted by Gasteiger charge is -2.23. The lowest BCUT2D eigenvalue weighted by atomic mass is 9.85. The number of carbonyl (C=O) groups is 2. The normalized spacial score (nSPS) is 17.3. The Morgan fingerprint density at radius 2 is 1.60 bits per heavy atom. The molecular weight excluding hydrogens is 442 g/mol. The Balaban J connectivity index is 1.63. The number of Topliss-reactive ketones (excluding diaryl/α,β-unsaturated/α-hetero) is 1. The summed E-state index contributed by atoms with van der Waals surface area (Å²) in [5.74, 6) is 0.329. The summed E-state index contributed by atoms with van der Waals surface area (Å²) in [5.41, 5.74) is 1.43. The highest BCUT2D eigenvalue weighted by atomic mass is 16.5. The summed E-state index contributed by atoms with van der Waals surface area (Å²) in [6, 6.07) is 19.9. The van der Waals surface area contributed by atoms with Crippen LogP contribution in [0.25, 0.3) is 0 Å². The summed E-state index contributed by atoms with van der Waals surface area (Å²) in [6.45, 7) is 6.53. The molecule has 0 saturated heterocycles. The molecule has 0 saturated carbocycles. The van der Waals surface area contributed by atoms with Crippen molar-refractivity contribution in [2.24, 2.45) is 0 Å². The molecule has 1 aliphatic rings. The number of anilines is 1. The van der Waals surface area contributed by atoms with Gasteiger partial charge in [-0.15, -0.1) is 0 Å². The van der Waals surface area contributed by atoms with E-state index in [9.17, 15) is 14.7 Å². The van der Waals surface area contributed by atoms with Gasteiger partial charge in [-0.1, -0.05) is 69.3 Å². The van der Waals surface area contributed by atoms with Crippen LogP contribution in [0.1, 0.15) is 54.2 Å². The fraction of sp³-hybridized carbons (Fsp3) is 0.310. The molecule has 3 aromatic rings. The number of benzene rings is 3. The monoisotopic (exact) mass is 473 g/mol. The molecule has 0 bridgehead atoms. The number of ether oxygens (including phenoxy) is 2. The fourth-order valence-electron chi connectivity index (χ4n) is 4.49. The van der Waals surface area contributed by atoms with Crippen molar-refractivity contribution in [3.05, 3.63) is 89.0 Å². The maximum Gasteiger partial charge on any atom is 0.264 e. The van der Waals surface area contributed by atoms with E-state index in [-0.39, 0.29) is 24.2 Å². The van der Waals surface area contributed by atoms with Crippen LogP contribution in [0.4, 0.5) is 5.69 Å². The number of amides is 1. The lowest BCUT2D eigenvalue weighted by molar-refractivity contribution is -0.136. The Morgan fingerprint density at radius 1 is 0.943 bits per heavy atom. The molecule has 1 amide bonds. The van der Waals surface area contributed by atoms with Gasteiger partial charge in [0.1, 0.15) is 0 Å². The van der Waals surface area contributed by atoms with E-state index in [0.29, 0.717) is 28.3 Å². The van der Waals surface area contributed by atoms with Crippen LogP contribution in [0.3, 0.4) is 0 Å². The topological polar surface area (TPSA) is 76.1 Å². The Kier molecular flexibility index (Phi) is 6.43. The molecule has 1 atom stereocenters. The molecule has 0 radical (unpaired) electrons. The number of aliphatic hydroxyl groups is 1. The Morgan fingerprint density at radius 3 is 2.23 bits per heavy atom. The second-order valence-electron chi connectivity index (χ2n) is 9.89. The van der Waals surface area contributed by atoms with E-state index >= 15 is 0 Å². The van der Waals surface area contributed by atoms with Crippen molar-refractivity contribution in [1.29, 1.82) is 0 Å². The first-order valence-electron chi connectivity index (χ1n) is 11.6. The van der Waals surface area contributed by atoms with Crippen molar-refractivity contribution < 1.29 is 24.2 Å². The van der Waals surface area contributed by atoms with E-state index in [4.69, 9.17) is 9.47 Å². The number of rotatable bonds is 7. The minimum Gasteiger partial charge on any atom is -0.493 e. The third kappa shape index (κ3) is 4.54. The summed E-state index contributed by atoms with van der Waals surface area (Å²) in [5, 5.41) is 11.6. The van der Waals surface area contributed by atoms with Crippen LogP contribution in [0.5, 0.6) is 11.5 Å². The van der Waals surface area contributed by atoms with Crippen LogP contribution in [0.2, 0.25) is 0 Å². The van der Waals surface area contributed by atoms with Gasteiger partial charge in [0.15, 0.2) is 22.9 Å². The van der Waals surface area contributed by atoms with Gasteiger partial charge in [0.2, 0.25) is 0 Å². The average molecular weight is 474 g/mol. The molecule has 1 aliphatic heterocycles. The molecule has 0 aliphatic carbocycles. The Bertz CT molecular complexity index is 1260. The largest absolute Gasteiger partial charge is 0.493 e. The zero-order chi connectivity index (χ0) is 25.4. The molecule has 1 heterocycles. The molecule has 0 spiro atoms. The van der Waals surface area contributed by atoms with E-state index in [1.807, 2.05) is 24.3 Å². The molecule has 3 aromatic carbocycles. The van der Waals surface area contributed by atoms with Gasteiger partial charge in [0.05, 0.1) is 32.9 Å². The number of para-hydroxylation sites is 1. The van der Waals surface area contributed by atoms with Crippen molar-refractivity contribution in [2.45, 2.75) is 44.8 Å². The summed E-state index contributed by atoms with van der Waals surface area (Å²) in [6.07, 6.45) is -0.333. The molecule has 0 fully saturated rings. The quantitative estimate of drug-likeness (QED) is 0.488. The van der Waals surface area contributed by atoms with Gasteiger partial charge in [-0.2, -0.15) is 0 Å². The second kappa shape index (κ2) is 9.19. The van der Waals surface area contributed by atoms with Gasteiger partial charge < -0.3 is 19.5 Å². The summed E-state index contributed by atoms with van der Waals surface area (Å²) >= 11 is 0. The van der Waals surface area contributed by atoms with Crippen molar-refractivity contribution >= 4 is 17.4 Å². The van der Waals surface area contributed by atoms with E-state index in [1.165, 1.54) is 4.90 Å². The van der Waals surface area contributed by atoms with Crippen LogP contribution in [-0.4, -0.2) is 31.0 Å². The Hall–Kier alpha value is -3.64. The van der Waals surface area contributed by atoms with Crippen LogP contribution in [0, 0.1) is 0 Å². The highest BCUT2D eigenvalue weighted by Gasteiger charge is 2.50. The van der Waals surface area contributed by atoms with Crippen LogP contribution in [0.15, 0.2) is 66.7 Å². The minimum atomic E-state index is -1.94. The van der Waals surface area contributed by atoms with Gasteiger partial charge in [-0.3, -0.25) is 9.59 Å². The van der Waals surface area contributed by atoms with E-state index in [2.05, 4.69) is 20.8 Å². The van der Waals surface area contributed by atoms with Crippen molar-refractivity contribution in [3.63, 3.8) is 0 Å². The average Bonchev–Trinajstić information content (AvgIpc) is 3.05. The molecule has 6 nitrogen and oxygen atoms in total. The standard InChI is InChI=1S/C29H31NO5/c1-28(2,3)21-13-11-20(12-14-21)24(31)17-29(33)22-8-6-7-9-23(22)30(27(29)32)18-19-10-15-25(34-4)26(16-19)35-5/h6-16,33H,17-18H2,1-5H3/t29-/m0/s1. The number of methoxy groups -OCH3 is 2. The first-order valence-corrected chi connectivity index (χ1v) is 11.6. The zero-order valence-corrected chi connectivity index (χ0v) is 20.8. The molecule has 0 unspecified atom stereocenters. The molecular formula is C29H31NO5. The predicted molar refractivity (Wildman–Crippen MR) is 135 cm³/mol. The van der Waals surface area contributed by atoms with Crippen molar-refractivity contribution in [3.8, 4) is 11.5 Å². The lowest BCUT2D eigenvalue weighted by Crippen LogP contribution is -2.41. The third-order valence-electron chi connectivity index (χ3n) is 6.52. The van der Waals surface area contributed by atoms with E-state index < -0.39 is 11.5 Å². The van der Waals surface area contributed by atoms with Crippen LogP contribution < -0.4 is 14.4 Å². The summed E-state index contributed by atoms with van der Waals surface area (Å²) < 4.78 is 10.7. The first-order chi connectivity index (χ1) is 16.6. The fourth-order valence-corrected chi connectivity index (χ4v) is 4.49. The molecule has 4 rings (SSSR count). The summed E-state index contributed by atoms with van der Waals surface area (Å²) in [7, 11) is 3.11. The van der Waals surface area contributed by atoms with Gasteiger partial charge >= 0.3 is 0 Å². The number of hydrogen-bond acceptors (Lipinski definition) is 5. The SMILES string of the molecule is COc1ccc(CN2C(=O)[C@](O)(CC(=O)c3ccc(C(C)(C)C)cc3)c3ccccc32)cc1OC. The minimum absolute atomic E-state index is 0.0369. The van der Waals surface area contributed by atoms with Gasteiger partial charge in [0.25, 0.3) is 5.91 Å². The molecule has 35 heavy (non-hydrogen) atoms. The van der Waals surface area contributed by atoms with E-state index in [1.54, 1.807) is 56.7 Å². The van der Waals surface area contributed by atoms with Gasteiger partial charge in [-0.05, 0) is 34.7 Å². The van der Waals surface area contributed by atoms with Crippen LogP contribution in [-0.2, 0) is 22.4 Å². The highest BCUT2D eigenvalue weighted by molar-refractivity contribution is 6.10. The maximum atomic E-state index is 13.6. The number of ketones is 1. The third-order valence-corrected chi connectivity index (χ3v) is 6.52. The predicted octanol–water partition coefficient (Wildman–Crippen LogP) is 5.01. The van der Waals surface area contributed by atoms with Crippen LogP contribution >= 0.6 is 0 Å². The zero-order valence-electron chi connectivity index (χ0n) is 20.8. The highest BCUT2D eigenvalue weighted by Crippen LogP contribution is 2.44. The number of fused-ring (bicyclic) bond motifs is 1. The molecule has 1 N–H and O–H groups in total. The first kappa shape index (κ1) is 24.5. The van der Waals surface area contributed by atoms with Crippen molar-refractivity contribution in [2.75, 3.05) is 19.1 Å². The van der Waals surface area contributed by atoms with Crippen molar-refractivity contribution in [1.82, 2.24) is 0 Å². The Labute approximate surface area is 206 Å². The van der Waals surface area contributed by atoms with E-state index in [0.717, 1.165) is 11.1 Å². The summed E-state index contributed by atoms with van der Waals surface area (Å²) in [4.78, 5) is 28.3. The molecule has 6 heteroatoms. The number of hydrogen-bond donors (Lipinski definition) is 1. The van der Waals surface area contributed by atoms with Gasteiger partial charge in [0, 0.05) is 11.1 Å². The second-order valence-corrected chi connectivity index (χ2v) is 9.89. The number of nitrogens with zero attached hydrogens (tertiary/aromatic N) is 1. The van der Waals surface area contributed by atoms with Gasteiger partial charge in [-0.25, -0.2) is 0 Å².